The average Bonchev–Trinajstić information content (AvgIpc) is 1.66. The van der Waals surface area contributed by atoms with Gasteiger partial charge in [-0.1, -0.05) is 0 Å². The van der Waals surface area contributed by atoms with Crippen molar-refractivity contribution in [3.8, 4) is 0 Å². The molecule has 0 fully saturated rings. The number of aldehydes is 1. The van der Waals surface area contributed by atoms with Crippen LogP contribution in [0.3, 0.4) is 0 Å². The van der Waals surface area contributed by atoms with E-state index in [0.29, 0.717) is 6.29 Å². The standard InChI is InChI=1S/C4H8N2O2/c5-4(8)3-6-1-2-7/h2,6H,1,3H2,(H2,5,8). The van der Waals surface area contributed by atoms with Gasteiger partial charge in [-0.15, -0.1) is 0 Å². The summed E-state index contributed by atoms with van der Waals surface area (Å²) in [5.41, 5.74) is 4.72. The molecule has 0 saturated heterocycles. The third-order valence-electron chi connectivity index (χ3n) is 0.527. The number of hydrogen-bond acceptors (Lipinski definition) is 3. The van der Waals surface area contributed by atoms with Gasteiger partial charge in [0.2, 0.25) is 5.91 Å². The predicted octanol–water partition coefficient (Wildman–Crippen LogP) is -1.74. The minimum atomic E-state index is -0.452. The second-order valence-electron chi connectivity index (χ2n) is 1.26. The SMILES string of the molecule is NC(=O)CNCC=O. The Morgan fingerprint density at radius 1 is 1.75 bits per heavy atom. The van der Waals surface area contributed by atoms with E-state index in [4.69, 9.17) is 5.73 Å². The summed E-state index contributed by atoms with van der Waals surface area (Å²) in [6.45, 7) is 0.252. The molecule has 0 aliphatic carbocycles. The Labute approximate surface area is 47.0 Å². The molecule has 0 atom stereocenters. The van der Waals surface area contributed by atoms with Gasteiger partial charge in [-0.05, 0) is 0 Å². The van der Waals surface area contributed by atoms with E-state index in [9.17, 15) is 9.59 Å². The van der Waals surface area contributed by atoms with Gasteiger partial charge in [-0.2, -0.15) is 0 Å². The van der Waals surface area contributed by atoms with Crippen LogP contribution in [0.5, 0.6) is 0 Å². The topological polar surface area (TPSA) is 72.2 Å². The maximum absolute atomic E-state index is 9.92. The Bertz CT molecular complexity index is 92.0. The van der Waals surface area contributed by atoms with Gasteiger partial charge in [0, 0.05) is 0 Å². The molecular formula is C4H8N2O2. The highest BCUT2D eigenvalue weighted by atomic mass is 16.1. The highest BCUT2D eigenvalue weighted by Crippen LogP contribution is 1.51. The van der Waals surface area contributed by atoms with Crippen molar-refractivity contribution in [1.29, 1.82) is 0 Å². The normalized spacial score (nSPS) is 8.50. The lowest BCUT2D eigenvalue weighted by atomic mass is 10.6. The molecule has 0 unspecified atom stereocenters. The number of rotatable bonds is 4. The van der Waals surface area contributed by atoms with Crippen LogP contribution in [-0.2, 0) is 9.59 Å². The molecule has 0 bridgehead atoms. The van der Waals surface area contributed by atoms with E-state index < -0.39 is 5.91 Å². The van der Waals surface area contributed by atoms with Crippen molar-refractivity contribution in [3.63, 3.8) is 0 Å². The summed E-state index contributed by atoms with van der Waals surface area (Å²) < 4.78 is 0. The minimum Gasteiger partial charge on any atom is -0.369 e. The van der Waals surface area contributed by atoms with Crippen LogP contribution in [0.2, 0.25) is 0 Å². The van der Waals surface area contributed by atoms with Crippen LogP contribution in [0.4, 0.5) is 0 Å². The Balaban J connectivity index is 2.93. The number of carbonyl (C=O) groups is 2. The van der Waals surface area contributed by atoms with Crippen molar-refractivity contribution < 1.29 is 9.59 Å². The van der Waals surface area contributed by atoms with Crippen LogP contribution in [-0.4, -0.2) is 25.3 Å². The molecule has 3 N–H and O–H groups in total. The molecule has 0 radical (unpaired) electrons. The van der Waals surface area contributed by atoms with Crippen LogP contribution in [0.25, 0.3) is 0 Å². The quantitative estimate of drug-likeness (QED) is 0.338. The first-order chi connectivity index (χ1) is 3.77. The van der Waals surface area contributed by atoms with Crippen molar-refractivity contribution in [1.82, 2.24) is 5.32 Å². The number of hydrogen-bond donors (Lipinski definition) is 2. The summed E-state index contributed by atoms with van der Waals surface area (Å²) in [4.78, 5) is 19.5. The molecule has 0 saturated carbocycles. The predicted molar refractivity (Wildman–Crippen MR) is 28.1 cm³/mol. The van der Waals surface area contributed by atoms with E-state index in [2.05, 4.69) is 5.32 Å². The maximum Gasteiger partial charge on any atom is 0.231 e. The minimum absolute atomic E-state index is 0.0682. The zero-order valence-electron chi connectivity index (χ0n) is 4.39. The third-order valence-corrected chi connectivity index (χ3v) is 0.527. The Kier molecular flexibility index (Phi) is 3.78. The van der Waals surface area contributed by atoms with E-state index in [1.54, 1.807) is 0 Å². The Morgan fingerprint density at radius 2 is 2.38 bits per heavy atom. The molecule has 1 amide bonds. The molecule has 4 nitrogen and oxygen atoms in total. The fraction of sp³-hybridized carbons (Fsp3) is 0.500. The second-order valence-corrected chi connectivity index (χ2v) is 1.26. The van der Waals surface area contributed by atoms with E-state index in [0.717, 1.165) is 0 Å². The number of carbonyl (C=O) groups excluding carboxylic acids is 2. The molecule has 4 heteroatoms. The molecule has 0 spiro atoms. The number of amides is 1. The fourth-order valence-electron chi connectivity index (χ4n) is 0.254. The van der Waals surface area contributed by atoms with E-state index in [1.165, 1.54) is 0 Å². The van der Waals surface area contributed by atoms with Gasteiger partial charge in [-0.25, -0.2) is 0 Å². The summed E-state index contributed by atoms with van der Waals surface area (Å²) >= 11 is 0. The largest absolute Gasteiger partial charge is 0.369 e. The first-order valence-electron chi connectivity index (χ1n) is 2.20. The highest BCUT2D eigenvalue weighted by Gasteiger charge is 1.88. The summed E-state index contributed by atoms with van der Waals surface area (Å²) in [6.07, 6.45) is 0.670. The number of primary amides is 1. The summed E-state index contributed by atoms with van der Waals surface area (Å²) in [6, 6.07) is 0. The molecule has 0 heterocycles. The number of nitrogens with one attached hydrogen (secondary N) is 1. The number of nitrogens with two attached hydrogens (primary N) is 1. The van der Waals surface area contributed by atoms with Gasteiger partial charge in [0.15, 0.2) is 0 Å². The van der Waals surface area contributed by atoms with Crippen LogP contribution in [0, 0.1) is 0 Å². The molecule has 0 aliphatic rings. The Hall–Kier alpha value is -0.900. The van der Waals surface area contributed by atoms with Crippen LogP contribution < -0.4 is 11.1 Å². The van der Waals surface area contributed by atoms with Gasteiger partial charge in [0.1, 0.15) is 6.29 Å². The zero-order valence-corrected chi connectivity index (χ0v) is 4.39. The molecule has 8 heavy (non-hydrogen) atoms. The maximum atomic E-state index is 9.92. The molecule has 46 valence electrons. The summed E-state index contributed by atoms with van der Waals surface area (Å²) in [7, 11) is 0. The van der Waals surface area contributed by atoms with Crippen LogP contribution in [0.15, 0.2) is 0 Å². The van der Waals surface area contributed by atoms with Crippen molar-refractivity contribution >= 4 is 12.2 Å². The molecule has 0 rings (SSSR count). The lowest BCUT2D eigenvalue weighted by Gasteiger charge is -1.91. The summed E-state index contributed by atoms with van der Waals surface area (Å²) in [5, 5.41) is 2.49. The van der Waals surface area contributed by atoms with Crippen LogP contribution in [0.1, 0.15) is 0 Å². The first-order valence-corrected chi connectivity index (χ1v) is 2.20. The second kappa shape index (κ2) is 4.26. The zero-order chi connectivity index (χ0) is 6.41. The van der Waals surface area contributed by atoms with Gasteiger partial charge < -0.3 is 15.8 Å². The van der Waals surface area contributed by atoms with E-state index in [1.807, 2.05) is 0 Å². The molecule has 0 aromatic carbocycles. The third kappa shape index (κ3) is 5.10. The van der Waals surface area contributed by atoms with Gasteiger partial charge in [-0.3, -0.25) is 4.79 Å². The average molecular weight is 116 g/mol. The lowest BCUT2D eigenvalue weighted by Crippen LogP contribution is -2.29. The molecule has 0 aliphatic heterocycles. The molecule has 0 aromatic heterocycles. The van der Waals surface area contributed by atoms with Gasteiger partial charge in [0.05, 0.1) is 13.1 Å². The van der Waals surface area contributed by atoms with Gasteiger partial charge in [0.25, 0.3) is 0 Å². The van der Waals surface area contributed by atoms with Crippen molar-refractivity contribution in [2.75, 3.05) is 13.1 Å². The Morgan fingerprint density at radius 3 is 2.75 bits per heavy atom. The van der Waals surface area contributed by atoms with Crippen LogP contribution >= 0.6 is 0 Å². The van der Waals surface area contributed by atoms with Crippen molar-refractivity contribution in [2.24, 2.45) is 5.73 Å². The van der Waals surface area contributed by atoms with Crippen molar-refractivity contribution in [3.05, 3.63) is 0 Å². The van der Waals surface area contributed by atoms with Gasteiger partial charge >= 0.3 is 0 Å². The smallest absolute Gasteiger partial charge is 0.231 e. The van der Waals surface area contributed by atoms with E-state index in [-0.39, 0.29) is 13.1 Å². The fourth-order valence-corrected chi connectivity index (χ4v) is 0.254. The lowest BCUT2D eigenvalue weighted by molar-refractivity contribution is -0.117. The summed E-state index contributed by atoms with van der Waals surface area (Å²) in [5.74, 6) is -0.452. The van der Waals surface area contributed by atoms with Crippen molar-refractivity contribution in [2.45, 2.75) is 0 Å². The highest BCUT2D eigenvalue weighted by molar-refractivity contribution is 5.76. The molecular weight excluding hydrogens is 108 g/mol. The first kappa shape index (κ1) is 7.10. The van der Waals surface area contributed by atoms with E-state index >= 15 is 0 Å². The molecule has 0 aromatic rings. The monoisotopic (exact) mass is 116 g/mol.